The molecule has 0 aromatic heterocycles. The molecule has 2 saturated heterocycles. The molecule has 11 nitrogen and oxygen atoms in total. The second-order valence-corrected chi connectivity index (χ2v) is 19.1. The fraction of sp³-hybridized carbons (Fsp3) is 0.441. The van der Waals surface area contributed by atoms with E-state index in [2.05, 4.69) is 45.0 Å². The Hall–Kier alpha value is -3.46. The Labute approximate surface area is 277 Å². The van der Waals surface area contributed by atoms with Gasteiger partial charge in [-0.1, -0.05) is 93.6 Å². The van der Waals surface area contributed by atoms with Gasteiger partial charge in [-0.2, -0.15) is 4.31 Å². The molecule has 0 saturated carbocycles. The van der Waals surface area contributed by atoms with Crippen molar-refractivity contribution in [1.82, 2.24) is 4.31 Å². The first-order valence-corrected chi connectivity index (χ1v) is 19.1. The third-order valence-electron chi connectivity index (χ3n) is 8.89. The van der Waals surface area contributed by atoms with Crippen LogP contribution in [0.5, 0.6) is 0 Å². The van der Waals surface area contributed by atoms with E-state index in [9.17, 15) is 23.3 Å². The van der Waals surface area contributed by atoms with Crippen molar-refractivity contribution in [2.75, 3.05) is 26.9 Å². The zero-order valence-electron chi connectivity index (χ0n) is 27.1. The summed E-state index contributed by atoms with van der Waals surface area (Å²) >= 11 is 0. The molecule has 4 atom stereocenters. The van der Waals surface area contributed by atoms with E-state index < -0.39 is 58.1 Å². The second-order valence-electron chi connectivity index (χ2n) is 13.0. The smallest absolute Gasteiger partial charge is 0.308 e. The number of benzene rings is 3. The molecule has 2 aliphatic rings. The summed E-state index contributed by atoms with van der Waals surface area (Å²) in [5.41, 5.74) is -0.505. The van der Waals surface area contributed by atoms with Crippen LogP contribution in [0.15, 0.2) is 89.8 Å². The molecule has 13 heteroatoms. The minimum Gasteiger partial charge on any atom is -0.469 e. The summed E-state index contributed by atoms with van der Waals surface area (Å²) in [5.74, 6) is -0.434. The van der Waals surface area contributed by atoms with Gasteiger partial charge in [-0.05, 0) is 34.3 Å². The molecule has 0 amide bonds. The van der Waals surface area contributed by atoms with Gasteiger partial charge in [0, 0.05) is 12.6 Å². The summed E-state index contributed by atoms with van der Waals surface area (Å²) in [6.07, 6.45) is -0.969. The Morgan fingerprint density at radius 2 is 1.53 bits per heavy atom. The molecule has 2 heterocycles. The zero-order valence-corrected chi connectivity index (χ0v) is 28.9. The molecule has 0 N–H and O–H groups in total. The average Bonchev–Trinajstić information content (AvgIpc) is 3.89. The zero-order chi connectivity index (χ0) is 33.8. The molecule has 0 unspecified atom stereocenters. The summed E-state index contributed by atoms with van der Waals surface area (Å²) in [6.45, 7) is 6.84. The lowest BCUT2D eigenvalue weighted by molar-refractivity contribution is -0.387. The van der Waals surface area contributed by atoms with Gasteiger partial charge in [0.05, 0.1) is 56.0 Å². The van der Waals surface area contributed by atoms with Crippen molar-refractivity contribution in [3.8, 4) is 0 Å². The molecule has 252 valence electrons. The molecular formula is C34H42N2O9SSi. The number of carbonyl (C=O) groups excluding carboxylic acids is 1. The summed E-state index contributed by atoms with van der Waals surface area (Å²) in [5, 5.41) is 13.7. The quantitative estimate of drug-likeness (QED) is 0.0860. The lowest BCUT2D eigenvalue weighted by atomic mass is 9.97. The van der Waals surface area contributed by atoms with Crippen LogP contribution in [0.25, 0.3) is 0 Å². The van der Waals surface area contributed by atoms with E-state index >= 15 is 0 Å². The largest absolute Gasteiger partial charge is 0.469 e. The Morgan fingerprint density at radius 3 is 2.06 bits per heavy atom. The monoisotopic (exact) mass is 682 g/mol. The van der Waals surface area contributed by atoms with E-state index in [1.54, 1.807) is 0 Å². The third-order valence-corrected chi connectivity index (χ3v) is 15.8. The van der Waals surface area contributed by atoms with Gasteiger partial charge >= 0.3 is 5.97 Å². The number of para-hydroxylation sites is 1. The molecule has 0 radical (unpaired) electrons. The minimum atomic E-state index is -4.40. The minimum absolute atomic E-state index is 0.000209. The van der Waals surface area contributed by atoms with Crippen molar-refractivity contribution in [2.45, 2.75) is 74.3 Å². The number of sulfonamides is 1. The summed E-state index contributed by atoms with van der Waals surface area (Å²) < 4.78 is 54.2. The van der Waals surface area contributed by atoms with E-state index in [0.717, 1.165) is 10.4 Å². The van der Waals surface area contributed by atoms with Crippen molar-refractivity contribution < 1.29 is 36.8 Å². The van der Waals surface area contributed by atoms with Crippen LogP contribution < -0.4 is 10.4 Å². The van der Waals surface area contributed by atoms with E-state index in [1.165, 1.54) is 35.7 Å². The van der Waals surface area contributed by atoms with E-state index in [-0.39, 0.29) is 30.7 Å². The number of carbonyl (C=O) groups is 1. The van der Waals surface area contributed by atoms with Crippen LogP contribution in [0, 0.1) is 10.1 Å². The fourth-order valence-corrected chi connectivity index (χ4v) is 13.0. The second kappa shape index (κ2) is 14.3. The van der Waals surface area contributed by atoms with Gasteiger partial charge in [-0.15, -0.1) is 0 Å². The third kappa shape index (κ3) is 7.50. The van der Waals surface area contributed by atoms with Crippen molar-refractivity contribution in [3.63, 3.8) is 0 Å². The van der Waals surface area contributed by atoms with E-state index in [1.807, 2.05) is 36.4 Å². The Balaban J connectivity index is 1.58. The molecular weight excluding hydrogens is 641 g/mol. The first-order valence-electron chi connectivity index (χ1n) is 15.7. The summed E-state index contributed by atoms with van der Waals surface area (Å²) in [4.78, 5) is 23.2. The molecule has 3 aromatic rings. The Morgan fingerprint density at radius 1 is 0.957 bits per heavy atom. The maximum absolute atomic E-state index is 14.4. The van der Waals surface area contributed by atoms with E-state index in [4.69, 9.17) is 18.6 Å². The Kier molecular flexibility index (Phi) is 10.6. The van der Waals surface area contributed by atoms with Crippen molar-refractivity contribution in [3.05, 3.63) is 95.0 Å². The highest BCUT2D eigenvalue weighted by Gasteiger charge is 2.52. The van der Waals surface area contributed by atoms with Crippen LogP contribution >= 0.6 is 0 Å². The number of esters is 1. The number of nitro benzene ring substituents is 1. The van der Waals surface area contributed by atoms with Crippen LogP contribution in [-0.2, 0) is 33.5 Å². The van der Waals surface area contributed by atoms with E-state index in [0.29, 0.717) is 19.4 Å². The number of nitrogens with zero attached hydrogens (tertiary/aromatic N) is 2. The summed E-state index contributed by atoms with van der Waals surface area (Å²) in [6, 6.07) is 24.7. The van der Waals surface area contributed by atoms with Gasteiger partial charge in [0.15, 0.2) is 4.90 Å². The van der Waals surface area contributed by atoms with Crippen molar-refractivity contribution in [2.24, 2.45) is 0 Å². The number of methoxy groups -OCH3 is 1. The van der Waals surface area contributed by atoms with Gasteiger partial charge in [0.2, 0.25) is 10.0 Å². The van der Waals surface area contributed by atoms with Gasteiger partial charge in [-0.3, -0.25) is 14.9 Å². The molecule has 2 fully saturated rings. The van der Waals surface area contributed by atoms with Gasteiger partial charge < -0.3 is 18.6 Å². The maximum atomic E-state index is 14.4. The van der Waals surface area contributed by atoms with Gasteiger partial charge in [0.25, 0.3) is 14.0 Å². The van der Waals surface area contributed by atoms with Crippen molar-refractivity contribution >= 4 is 40.4 Å². The van der Waals surface area contributed by atoms with Gasteiger partial charge in [-0.25, -0.2) is 8.42 Å². The van der Waals surface area contributed by atoms with Gasteiger partial charge in [0.1, 0.15) is 0 Å². The van der Waals surface area contributed by atoms with Crippen LogP contribution in [-0.4, -0.2) is 83.2 Å². The first-order chi connectivity index (χ1) is 22.4. The lowest BCUT2D eigenvalue weighted by Gasteiger charge is -2.46. The first kappa shape index (κ1) is 34.9. The lowest BCUT2D eigenvalue weighted by Crippen LogP contribution is -2.68. The van der Waals surface area contributed by atoms with Crippen molar-refractivity contribution in [1.29, 1.82) is 0 Å². The van der Waals surface area contributed by atoms with Crippen LogP contribution in [0.4, 0.5) is 5.69 Å². The molecule has 0 bridgehead atoms. The molecule has 0 spiro atoms. The Bertz CT molecular complexity index is 1610. The highest BCUT2D eigenvalue weighted by Crippen LogP contribution is 2.39. The standard InChI is InChI=1S/C34H42N2O9SSi/c1-34(2,3)47(27-13-7-5-8-14-27,28-15-9-6-10-16-28)44-24-31-29(20-19-25(45-31)21-33(37)42-4)35(22-26-23-43-26)46(40,41)32-18-12-11-17-30(32)36(38)39/h5-18,25-26,29,31H,19-24H2,1-4H3/t25-,26-,29+,31-/m1/s1. The highest BCUT2D eigenvalue weighted by molar-refractivity contribution is 7.89. The number of hydrogen-bond acceptors (Lipinski definition) is 9. The SMILES string of the molecule is COC(=O)C[C@H]1CC[C@H](N(C[C@@H]2CO2)S(=O)(=O)c2ccccc2[N+](=O)[O-])[C@@H](CO[Si](c2ccccc2)(c2ccccc2)C(C)(C)C)O1. The normalized spacial score (nSPS) is 21.7. The van der Waals surface area contributed by atoms with Crippen LogP contribution in [0.2, 0.25) is 5.04 Å². The average molecular weight is 683 g/mol. The molecule has 3 aromatic carbocycles. The highest BCUT2D eigenvalue weighted by atomic mass is 32.2. The van der Waals surface area contributed by atoms with Crippen LogP contribution in [0.3, 0.4) is 0 Å². The predicted molar refractivity (Wildman–Crippen MR) is 179 cm³/mol. The van der Waals surface area contributed by atoms with Crippen LogP contribution in [0.1, 0.15) is 40.0 Å². The maximum Gasteiger partial charge on any atom is 0.308 e. The molecule has 0 aliphatic carbocycles. The molecule has 47 heavy (non-hydrogen) atoms. The number of rotatable bonds is 13. The topological polar surface area (TPSA) is 138 Å². The number of hydrogen-bond donors (Lipinski definition) is 0. The molecule has 2 aliphatic heterocycles. The number of epoxide rings is 1. The fourth-order valence-electron chi connectivity index (χ4n) is 6.55. The summed E-state index contributed by atoms with van der Waals surface area (Å²) in [7, 11) is -6.15. The number of nitro groups is 1. The predicted octanol–water partition coefficient (Wildman–Crippen LogP) is 4.04. The molecule has 5 rings (SSSR count). The number of ether oxygens (including phenoxy) is 3.